The second-order valence-corrected chi connectivity index (χ2v) is 6.37. The standard InChI is InChI=1S/C18H17NO7/c20-13-7-5-9(18(25)19-13)4-6-11-16(23)10-2-1-3-12(15(10)17(11)24)26-8-14(21)22/h1-3,9,11H,4-8H2,(H,21,22)(H,19,20,25). The summed E-state index contributed by atoms with van der Waals surface area (Å²) in [6.07, 6.45) is 1.16. The minimum Gasteiger partial charge on any atom is -0.481 e. The molecule has 1 heterocycles. The molecule has 8 nitrogen and oxygen atoms in total. The van der Waals surface area contributed by atoms with Crippen molar-refractivity contribution < 1.29 is 33.8 Å². The summed E-state index contributed by atoms with van der Waals surface area (Å²) >= 11 is 0. The van der Waals surface area contributed by atoms with Crippen molar-refractivity contribution in [2.24, 2.45) is 11.8 Å². The third-order valence-corrected chi connectivity index (χ3v) is 4.68. The number of nitrogens with one attached hydrogen (secondary N) is 1. The Morgan fingerprint density at radius 3 is 2.62 bits per heavy atom. The number of carboxylic acids is 1. The Balaban J connectivity index is 1.72. The first kappa shape index (κ1) is 17.8. The van der Waals surface area contributed by atoms with Crippen LogP contribution in [0.5, 0.6) is 5.75 Å². The number of aliphatic carboxylic acids is 1. The number of piperidine rings is 1. The summed E-state index contributed by atoms with van der Waals surface area (Å²) in [5, 5.41) is 11.0. The summed E-state index contributed by atoms with van der Waals surface area (Å²) < 4.78 is 5.13. The van der Waals surface area contributed by atoms with Crippen LogP contribution < -0.4 is 10.1 Å². The highest BCUT2D eigenvalue weighted by Crippen LogP contribution is 2.36. The first-order chi connectivity index (χ1) is 12.4. The Bertz CT molecular complexity index is 814. The molecule has 1 fully saturated rings. The molecule has 1 saturated heterocycles. The van der Waals surface area contributed by atoms with Crippen molar-refractivity contribution in [3.05, 3.63) is 29.3 Å². The maximum Gasteiger partial charge on any atom is 0.341 e. The van der Waals surface area contributed by atoms with Crippen LogP contribution >= 0.6 is 0 Å². The van der Waals surface area contributed by atoms with E-state index in [2.05, 4.69) is 5.32 Å². The zero-order valence-electron chi connectivity index (χ0n) is 13.8. The molecule has 1 aliphatic heterocycles. The normalized spacial score (nSPS) is 22.2. The molecule has 8 heteroatoms. The van der Waals surface area contributed by atoms with Gasteiger partial charge < -0.3 is 9.84 Å². The maximum absolute atomic E-state index is 12.7. The van der Waals surface area contributed by atoms with Gasteiger partial charge in [-0.25, -0.2) is 4.79 Å². The number of rotatable bonds is 6. The third kappa shape index (κ3) is 3.35. The molecule has 0 saturated carbocycles. The monoisotopic (exact) mass is 359 g/mol. The van der Waals surface area contributed by atoms with E-state index in [9.17, 15) is 24.0 Å². The zero-order valence-corrected chi connectivity index (χ0v) is 13.8. The molecule has 26 heavy (non-hydrogen) atoms. The van der Waals surface area contributed by atoms with Gasteiger partial charge in [0.05, 0.1) is 11.5 Å². The third-order valence-electron chi connectivity index (χ3n) is 4.68. The predicted octanol–water partition coefficient (Wildman–Crippen LogP) is 0.978. The van der Waals surface area contributed by atoms with Crippen LogP contribution in [0.2, 0.25) is 0 Å². The molecular formula is C18H17NO7. The predicted molar refractivity (Wildman–Crippen MR) is 86.8 cm³/mol. The van der Waals surface area contributed by atoms with Gasteiger partial charge in [0.25, 0.3) is 0 Å². The highest BCUT2D eigenvalue weighted by Gasteiger charge is 2.41. The molecule has 3 rings (SSSR count). The van der Waals surface area contributed by atoms with E-state index in [0.29, 0.717) is 12.8 Å². The van der Waals surface area contributed by atoms with Crippen LogP contribution in [0.1, 0.15) is 46.4 Å². The minimum atomic E-state index is -1.19. The number of carbonyl (C=O) groups is 5. The van der Waals surface area contributed by atoms with Crippen LogP contribution in [0.3, 0.4) is 0 Å². The lowest BCUT2D eigenvalue weighted by molar-refractivity contribution is -0.139. The van der Waals surface area contributed by atoms with E-state index >= 15 is 0 Å². The fourth-order valence-corrected chi connectivity index (χ4v) is 3.38. The average molecular weight is 359 g/mol. The van der Waals surface area contributed by atoms with Gasteiger partial charge in [-0.2, -0.15) is 0 Å². The first-order valence-corrected chi connectivity index (χ1v) is 8.28. The van der Waals surface area contributed by atoms with Crippen molar-refractivity contribution in [1.29, 1.82) is 0 Å². The van der Waals surface area contributed by atoms with Gasteiger partial charge in [0.15, 0.2) is 18.2 Å². The van der Waals surface area contributed by atoms with E-state index in [-0.39, 0.29) is 47.3 Å². The van der Waals surface area contributed by atoms with E-state index in [1.807, 2.05) is 0 Å². The number of imide groups is 1. The van der Waals surface area contributed by atoms with Crippen LogP contribution in [-0.2, 0) is 14.4 Å². The molecule has 2 amide bonds. The minimum absolute atomic E-state index is 0.0757. The molecule has 2 N–H and O–H groups in total. The fraction of sp³-hybridized carbons (Fsp3) is 0.389. The second-order valence-electron chi connectivity index (χ2n) is 6.37. The Kier molecular flexibility index (Phi) is 4.83. The molecule has 0 aromatic heterocycles. The van der Waals surface area contributed by atoms with Gasteiger partial charge in [-0.15, -0.1) is 0 Å². The van der Waals surface area contributed by atoms with Gasteiger partial charge >= 0.3 is 5.97 Å². The highest BCUT2D eigenvalue weighted by molar-refractivity contribution is 6.27. The van der Waals surface area contributed by atoms with Crippen LogP contribution in [0.25, 0.3) is 0 Å². The maximum atomic E-state index is 12.7. The topological polar surface area (TPSA) is 127 Å². The van der Waals surface area contributed by atoms with Crippen LogP contribution in [0.4, 0.5) is 0 Å². The molecular weight excluding hydrogens is 342 g/mol. The molecule has 1 aliphatic carbocycles. The quantitative estimate of drug-likeness (QED) is 0.572. The van der Waals surface area contributed by atoms with Gasteiger partial charge in [0.1, 0.15) is 5.75 Å². The Hall–Kier alpha value is -3.03. The number of hydrogen-bond acceptors (Lipinski definition) is 6. The number of benzene rings is 1. The number of Topliss-reactive ketones (excluding diaryl/α,β-unsaturated/α-hetero) is 2. The number of carboxylic acid groups (broad SMARTS) is 1. The summed E-state index contributed by atoms with van der Waals surface area (Å²) in [6, 6.07) is 4.49. The second kappa shape index (κ2) is 7.07. The van der Waals surface area contributed by atoms with Crippen molar-refractivity contribution in [1.82, 2.24) is 5.32 Å². The molecule has 2 aliphatic rings. The van der Waals surface area contributed by atoms with Crippen molar-refractivity contribution in [3.63, 3.8) is 0 Å². The molecule has 2 atom stereocenters. The van der Waals surface area contributed by atoms with Gasteiger partial charge in [0, 0.05) is 17.9 Å². The van der Waals surface area contributed by atoms with Gasteiger partial charge in [-0.1, -0.05) is 12.1 Å². The number of hydrogen-bond donors (Lipinski definition) is 2. The smallest absolute Gasteiger partial charge is 0.341 e. The molecule has 0 spiro atoms. The molecule has 1 aromatic rings. The van der Waals surface area contributed by atoms with E-state index in [0.717, 1.165) is 0 Å². The number of amides is 2. The van der Waals surface area contributed by atoms with Gasteiger partial charge in [-0.3, -0.25) is 24.5 Å². The summed E-state index contributed by atoms with van der Waals surface area (Å²) in [5.74, 6) is -3.88. The van der Waals surface area contributed by atoms with Crippen molar-refractivity contribution in [2.45, 2.75) is 25.7 Å². The summed E-state index contributed by atoms with van der Waals surface area (Å²) in [6.45, 7) is -0.612. The molecule has 2 unspecified atom stereocenters. The largest absolute Gasteiger partial charge is 0.481 e. The lowest BCUT2D eigenvalue weighted by atomic mass is 9.88. The SMILES string of the molecule is O=C(O)COc1cccc2c1C(=O)C(CCC1CCC(=O)NC1=O)C2=O. The number of ether oxygens (including phenoxy) is 1. The van der Waals surface area contributed by atoms with E-state index < -0.39 is 30.2 Å². The Morgan fingerprint density at radius 2 is 1.92 bits per heavy atom. The van der Waals surface area contributed by atoms with E-state index in [4.69, 9.17) is 9.84 Å². The van der Waals surface area contributed by atoms with Crippen molar-refractivity contribution in [3.8, 4) is 5.75 Å². The lowest BCUT2D eigenvalue weighted by Crippen LogP contribution is -2.40. The van der Waals surface area contributed by atoms with Crippen molar-refractivity contribution >= 4 is 29.4 Å². The molecule has 0 bridgehead atoms. The van der Waals surface area contributed by atoms with E-state index in [1.165, 1.54) is 18.2 Å². The van der Waals surface area contributed by atoms with Gasteiger partial charge in [0.2, 0.25) is 11.8 Å². The zero-order chi connectivity index (χ0) is 18.8. The number of carbonyl (C=O) groups excluding carboxylic acids is 4. The summed E-state index contributed by atoms with van der Waals surface area (Å²) in [5.41, 5.74) is 0.318. The van der Waals surface area contributed by atoms with Crippen molar-refractivity contribution in [2.75, 3.05) is 6.61 Å². The Morgan fingerprint density at radius 1 is 1.15 bits per heavy atom. The van der Waals surface area contributed by atoms with Gasteiger partial charge in [-0.05, 0) is 25.3 Å². The summed E-state index contributed by atoms with van der Waals surface area (Å²) in [4.78, 5) is 58.9. The number of ketones is 2. The lowest BCUT2D eigenvalue weighted by Gasteiger charge is -2.21. The molecule has 0 radical (unpaired) electrons. The Labute approximate surface area is 148 Å². The average Bonchev–Trinajstić information content (AvgIpc) is 2.84. The van der Waals surface area contributed by atoms with Crippen LogP contribution in [0, 0.1) is 11.8 Å². The summed E-state index contributed by atoms with van der Waals surface area (Å²) in [7, 11) is 0. The molecule has 136 valence electrons. The van der Waals surface area contributed by atoms with Crippen LogP contribution in [-0.4, -0.2) is 41.1 Å². The van der Waals surface area contributed by atoms with E-state index in [1.54, 1.807) is 0 Å². The first-order valence-electron chi connectivity index (χ1n) is 8.28. The highest BCUT2D eigenvalue weighted by atomic mass is 16.5. The number of fused-ring (bicyclic) bond motifs is 1. The van der Waals surface area contributed by atoms with Crippen LogP contribution in [0.15, 0.2) is 18.2 Å². The fourth-order valence-electron chi connectivity index (χ4n) is 3.38. The molecule has 1 aromatic carbocycles.